The molecule has 19 heavy (non-hydrogen) atoms. The minimum Gasteiger partial charge on any atom is -0.385 e. The number of nitrogens with zero attached hydrogens (tertiary/aromatic N) is 1. The number of rotatable bonds is 4. The van der Waals surface area contributed by atoms with Gasteiger partial charge in [0.1, 0.15) is 0 Å². The van der Waals surface area contributed by atoms with Gasteiger partial charge in [0.05, 0.1) is 10.6 Å². The third kappa shape index (κ3) is 3.23. The van der Waals surface area contributed by atoms with Crippen LogP contribution in [0.2, 0.25) is 5.02 Å². The summed E-state index contributed by atoms with van der Waals surface area (Å²) >= 11 is 5.96. The van der Waals surface area contributed by atoms with Crippen molar-refractivity contribution in [2.75, 3.05) is 17.2 Å². The van der Waals surface area contributed by atoms with Crippen molar-refractivity contribution in [3.8, 4) is 0 Å². The van der Waals surface area contributed by atoms with Gasteiger partial charge in [-0.25, -0.2) is 4.98 Å². The van der Waals surface area contributed by atoms with Gasteiger partial charge in [0, 0.05) is 18.4 Å². The van der Waals surface area contributed by atoms with Gasteiger partial charge in [0.2, 0.25) is 0 Å². The molecular weight excluding hydrogens is 262 g/mol. The van der Waals surface area contributed by atoms with Crippen LogP contribution in [-0.4, -0.2) is 17.4 Å². The Morgan fingerprint density at radius 1 is 1.26 bits per heavy atom. The van der Waals surface area contributed by atoms with Crippen molar-refractivity contribution in [3.05, 3.63) is 53.2 Å². The predicted octanol–water partition coefficient (Wildman–Crippen LogP) is 3.42. The molecule has 5 heteroatoms. The summed E-state index contributed by atoms with van der Waals surface area (Å²) in [6, 6.07) is 10.7. The molecular formula is C14H14ClN3O. The number of carbonyl (C=O) groups excluding carboxylic acids is 1. The molecule has 4 nitrogen and oxygen atoms in total. The van der Waals surface area contributed by atoms with E-state index in [2.05, 4.69) is 15.6 Å². The van der Waals surface area contributed by atoms with E-state index in [1.54, 1.807) is 24.4 Å². The number of pyridine rings is 1. The Bertz CT molecular complexity index is 586. The number of carbonyl (C=O) groups is 1. The molecule has 0 saturated heterocycles. The number of hydrogen-bond acceptors (Lipinski definition) is 3. The summed E-state index contributed by atoms with van der Waals surface area (Å²) in [7, 11) is 0. The van der Waals surface area contributed by atoms with E-state index in [1.807, 2.05) is 25.1 Å². The predicted molar refractivity (Wildman–Crippen MR) is 77.8 cm³/mol. The van der Waals surface area contributed by atoms with Crippen LogP contribution in [0.15, 0.2) is 42.6 Å². The second-order valence-corrected chi connectivity index (χ2v) is 4.27. The third-order valence-corrected chi connectivity index (χ3v) is 2.83. The molecule has 2 rings (SSSR count). The molecule has 0 fully saturated rings. The molecule has 1 amide bonds. The molecule has 1 heterocycles. The largest absolute Gasteiger partial charge is 0.385 e. The first-order valence-electron chi connectivity index (χ1n) is 5.97. The van der Waals surface area contributed by atoms with Crippen molar-refractivity contribution >= 4 is 29.0 Å². The second-order valence-electron chi connectivity index (χ2n) is 3.86. The molecule has 0 aliphatic carbocycles. The summed E-state index contributed by atoms with van der Waals surface area (Å²) in [5.74, 6) is 0.123. The van der Waals surface area contributed by atoms with Gasteiger partial charge in [-0.1, -0.05) is 23.7 Å². The van der Waals surface area contributed by atoms with Crippen molar-refractivity contribution in [2.24, 2.45) is 0 Å². The highest BCUT2D eigenvalue weighted by Crippen LogP contribution is 2.20. The Morgan fingerprint density at radius 3 is 2.79 bits per heavy atom. The van der Waals surface area contributed by atoms with E-state index in [-0.39, 0.29) is 5.91 Å². The zero-order valence-electron chi connectivity index (χ0n) is 10.5. The molecule has 0 radical (unpaired) electrons. The number of halogens is 1. The van der Waals surface area contributed by atoms with Crippen LogP contribution in [0.5, 0.6) is 0 Å². The fraction of sp³-hybridized carbons (Fsp3) is 0.143. The van der Waals surface area contributed by atoms with Crippen molar-refractivity contribution in [1.82, 2.24) is 4.98 Å². The molecule has 0 aliphatic heterocycles. The lowest BCUT2D eigenvalue weighted by molar-refractivity contribution is 0.102. The SMILES string of the molecule is CCNc1ccccc1C(=O)Nc1ncccc1Cl. The van der Waals surface area contributed by atoms with E-state index in [9.17, 15) is 4.79 Å². The van der Waals surface area contributed by atoms with Crippen molar-refractivity contribution < 1.29 is 4.79 Å². The zero-order chi connectivity index (χ0) is 13.7. The Hall–Kier alpha value is -2.07. The van der Waals surface area contributed by atoms with Crippen LogP contribution in [0, 0.1) is 0 Å². The number of hydrogen-bond donors (Lipinski definition) is 2. The monoisotopic (exact) mass is 275 g/mol. The number of nitrogens with one attached hydrogen (secondary N) is 2. The molecule has 0 saturated carbocycles. The van der Waals surface area contributed by atoms with Crippen LogP contribution in [0.1, 0.15) is 17.3 Å². The molecule has 0 atom stereocenters. The van der Waals surface area contributed by atoms with Gasteiger partial charge in [0.25, 0.3) is 5.91 Å². The highest BCUT2D eigenvalue weighted by molar-refractivity contribution is 6.33. The standard InChI is InChI=1S/C14H14ClN3O/c1-2-16-12-8-4-3-6-10(12)14(19)18-13-11(15)7-5-9-17-13/h3-9,16H,2H2,1H3,(H,17,18,19). The van der Waals surface area contributed by atoms with Gasteiger partial charge < -0.3 is 10.6 Å². The summed E-state index contributed by atoms with van der Waals surface area (Å²) in [6.45, 7) is 2.72. The molecule has 0 bridgehead atoms. The van der Waals surface area contributed by atoms with Crippen molar-refractivity contribution in [1.29, 1.82) is 0 Å². The van der Waals surface area contributed by atoms with Gasteiger partial charge in [-0.2, -0.15) is 0 Å². The highest BCUT2D eigenvalue weighted by Gasteiger charge is 2.12. The maximum atomic E-state index is 12.2. The quantitative estimate of drug-likeness (QED) is 0.899. The average Bonchev–Trinajstić information content (AvgIpc) is 2.42. The fourth-order valence-electron chi connectivity index (χ4n) is 1.68. The lowest BCUT2D eigenvalue weighted by atomic mass is 10.1. The molecule has 0 unspecified atom stereocenters. The second kappa shape index (κ2) is 6.20. The van der Waals surface area contributed by atoms with Crippen LogP contribution in [0.3, 0.4) is 0 Å². The molecule has 0 aliphatic rings. The highest BCUT2D eigenvalue weighted by atomic mass is 35.5. The summed E-state index contributed by atoms with van der Waals surface area (Å²) in [5.41, 5.74) is 1.35. The van der Waals surface area contributed by atoms with E-state index in [1.165, 1.54) is 0 Å². The van der Waals surface area contributed by atoms with Crippen molar-refractivity contribution in [3.63, 3.8) is 0 Å². The minimum absolute atomic E-state index is 0.239. The topological polar surface area (TPSA) is 54.0 Å². The van der Waals surface area contributed by atoms with Gasteiger partial charge in [-0.15, -0.1) is 0 Å². The first-order valence-corrected chi connectivity index (χ1v) is 6.35. The van der Waals surface area contributed by atoms with Gasteiger partial charge in [-0.05, 0) is 31.2 Å². The van der Waals surface area contributed by atoms with Gasteiger partial charge in [-0.3, -0.25) is 4.79 Å². The summed E-state index contributed by atoms with van der Waals surface area (Å²) < 4.78 is 0. The molecule has 1 aromatic carbocycles. The molecule has 2 N–H and O–H groups in total. The van der Waals surface area contributed by atoms with Gasteiger partial charge in [0.15, 0.2) is 5.82 Å². The first kappa shape index (κ1) is 13.4. The Morgan fingerprint density at radius 2 is 2.05 bits per heavy atom. The summed E-state index contributed by atoms with van der Waals surface area (Å²) in [6.07, 6.45) is 1.58. The normalized spacial score (nSPS) is 10.0. The minimum atomic E-state index is -0.239. The number of aromatic nitrogens is 1. The van der Waals surface area contributed by atoms with Crippen LogP contribution < -0.4 is 10.6 Å². The zero-order valence-corrected chi connectivity index (χ0v) is 11.2. The number of amides is 1. The van der Waals surface area contributed by atoms with E-state index in [0.29, 0.717) is 16.4 Å². The number of anilines is 2. The van der Waals surface area contributed by atoms with E-state index in [0.717, 1.165) is 12.2 Å². The van der Waals surface area contributed by atoms with Crippen LogP contribution in [0.25, 0.3) is 0 Å². The maximum Gasteiger partial charge on any atom is 0.258 e. The third-order valence-electron chi connectivity index (χ3n) is 2.53. The molecule has 1 aromatic heterocycles. The average molecular weight is 276 g/mol. The van der Waals surface area contributed by atoms with E-state index < -0.39 is 0 Å². The maximum absolute atomic E-state index is 12.2. The smallest absolute Gasteiger partial charge is 0.258 e. The Labute approximate surface area is 116 Å². The van der Waals surface area contributed by atoms with Crippen molar-refractivity contribution in [2.45, 2.75) is 6.92 Å². The van der Waals surface area contributed by atoms with E-state index >= 15 is 0 Å². The molecule has 0 spiro atoms. The fourth-order valence-corrected chi connectivity index (χ4v) is 1.85. The number of para-hydroxylation sites is 1. The lowest BCUT2D eigenvalue weighted by Crippen LogP contribution is -2.15. The first-order chi connectivity index (χ1) is 9.22. The van der Waals surface area contributed by atoms with Crippen LogP contribution in [0.4, 0.5) is 11.5 Å². The molecule has 2 aromatic rings. The van der Waals surface area contributed by atoms with E-state index in [4.69, 9.17) is 11.6 Å². The summed E-state index contributed by atoms with van der Waals surface area (Å²) in [4.78, 5) is 16.2. The van der Waals surface area contributed by atoms with Crippen LogP contribution in [-0.2, 0) is 0 Å². The number of benzene rings is 1. The Balaban J connectivity index is 2.23. The Kier molecular flexibility index (Phi) is 4.36. The van der Waals surface area contributed by atoms with Crippen LogP contribution >= 0.6 is 11.6 Å². The lowest BCUT2D eigenvalue weighted by Gasteiger charge is -2.11. The molecule has 98 valence electrons. The van der Waals surface area contributed by atoms with Gasteiger partial charge >= 0.3 is 0 Å². The summed E-state index contributed by atoms with van der Waals surface area (Å²) in [5, 5.41) is 6.26.